The smallest absolute Gasteiger partial charge is 0.263 e. The second kappa shape index (κ2) is 7.17. The number of rotatable bonds is 5. The standard InChI is InChI=1S/C18H18F2N2O5S/c19-18(20)9-13(11-27-14-2-1-5-21-10-14)22(12-18)28(23,24)15-3-4-16-17(8-15)26-7-6-25-16/h1-5,8,10,13H,6-7,9,11-12H2/t13-/m0/s1. The Balaban J connectivity index is 1.58. The van der Waals surface area contributed by atoms with E-state index >= 15 is 0 Å². The van der Waals surface area contributed by atoms with Crippen LogP contribution in [0.5, 0.6) is 17.2 Å². The molecule has 1 fully saturated rings. The number of alkyl halides is 2. The van der Waals surface area contributed by atoms with E-state index in [0.29, 0.717) is 24.7 Å². The fourth-order valence-electron chi connectivity index (χ4n) is 3.24. The third-order valence-corrected chi connectivity index (χ3v) is 6.42. The third kappa shape index (κ3) is 3.74. The Morgan fingerprint density at radius 2 is 2.00 bits per heavy atom. The van der Waals surface area contributed by atoms with Gasteiger partial charge in [0, 0.05) is 18.7 Å². The number of benzene rings is 1. The topological polar surface area (TPSA) is 78.0 Å². The summed E-state index contributed by atoms with van der Waals surface area (Å²) in [7, 11) is -4.17. The van der Waals surface area contributed by atoms with Gasteiger partial charge in [0.05, 0.1) is 23.7 Å². The average molecular weight is 412 g/mol. The zero-order valence-corrected chi connectivity index (χ0v) is 15.6. The highest BCUT2D eigenvalue weighted by Gasteiger charge is 2.50. The van der Waals surface area contributed by atoms with Crippen molar-refractivity contribution in [2.24, 2.45) is 0 Å². The van der Waals surface area contributed by atoms with E-state index in [1.54, 1.807) is 18.3 Å². The Morgan fingerprint density at radius 3 is 2.75 bits per heavy atom. The summed E-state index contributed by atoms with van der Waals surface area (Å²) in [4.78, 5) is 3.76. The summed E-state index contributed by atoms with van der Waals surface area (Å²) < 4.78 is 71.3. The van der Waals surface area contributed by atoms with Crippen LogP contribution >= 0.6 is 0 Å². The van der Waals surface area contributed by atoms with Crippen molar-refractivity contribution >= 4 is 10.0 Å². The van der Waals surface area contributed by atoms with Gasteiger partial charge in [0.1, 0.15) is 25.6 Å². The van der Waals surface area contributed by atoms with Crippen LogP contribution in [0.2, 0.25) is 0 Å². The summed E-state index contributed by atoms with van der Waals surface area (Å²) >= 11 is 0. The number of pyridine rings is 1. The number of hydrogen-bond acceptors (Lipinski definition) is 6. The van der Waals surface area contributed by atoms with E-state index in [4.69, 9.17) is 14.2 Å². The van der Waals surface area contributed by atoms with Crippen molar-refractivity contribution in [1.82, 2.24) is 9.29 Å². The van der Waals surface area contributed by atoms with Gasteiger partial charge >= 0.3 is 0 Å². The third-order valence-electron chi connectivity index (χ3n) is 4.53. The molecule has 0 bridgehead atoms. The largest absolute Gasteiger partial charge is 0.490 e. The van der Waals surface area contributed by atoms with Gasteiger partial charge in [0.25, 0.3) is 5.92 Å². The monoisotopic (exact) mass is 412 g/mol. The molecular formula is C18H18F2N2O5S. The highest BCUT2D eigenvalue weighted by Crippen LogP contribution is 2.38. The van der Waals surface area contributed by atoms with E-state index in [1.807, 2.05) is 0 Å². The molecule has 28 heavy (non-hydrogen) atoms. The van der Waals surface area contributed by atoms with Crippen LogP contribution in [0.4, 0.5) is 8.78 Å². The fraction of sp³-hybridized carbons (Fsp3) is 0.389. The molecule has 0 saturated carbocycles. The first-order chi connectivity index (χ1) is 13.4. The van der Waals surface area contributed by atoms with Crippen LogP contribution in [0, 0.1) is 0 Å². The number of sulfonamides is 1. The molecule has 1 aromatic heterocycles. The SMILES string of the molecule is O=S(=O)(c1ccc2c(c1)OCCO2)N1CC(F)(F)C[C@H]1COc1cccnc1. The fourth-order valence-corrected chi connectivity index (χ4v) is 4.89. The van der Waals surface area contributed by atoms with Crippen LogP contribution in [0.25, 0.3) is 0 Å². The van der Waals surface area contributed by atoms with Gasteiger partial charge in [-0.2, -0.15) is 4.31 Å². The Labute approximate surface area is 160 Å². The van der Waals surface area contributed by atoms with Crippen molar-refractivity contribution in [2.45, 2.75) is 23.3 Å². The first-order valence-electron chi connectivity index (χ1n) is 8.67. The summed E-state index contributed by atoms with van der Waals surface area (Å²) in [6.45, 7) is -0.443. The van der Waals surface area contributed by atoms with E-state index in [1.165, 1.54) is 24.4 Å². The van der Waals surface area contributed by atoms with Gasteiger partial charge in [-0.3, -0.25) is 4.98 Å². The molecule has 1 saturated heterocycles. The van der Waals surface area contributed by atoms with Gasteiger partial charge in [-0.05, 0) is 24.3 Å². The maximum absolute atomic E-state index is 14.1. The number of halogens is 2. The number of nitrogens with zero attached hydrogens (tertiary/aromatic N) is 2. The number of ether oxygens (including phenoxy) is 3. The predicted octanol–water partition coefficient (Wildman–Crippen LogP) is 2.33. The van der Waals surface area contributed by atoms with Crippen LogP contribution in [0.1, 0.15) is 6.42 Å². The van der Waals surface area contributed by atoms with Gasteiger partial charge < -0.3 is 14.2 Å². The van der Waals surface area contributed by atoms with Crippen molar-refractivity contribution < 1.29 is 31.4 Å². The summed E-state index contributed by atoms with van der Waals surface area (Å²) in [5, 5.41) is 0. The van der Waals surface area contributed by atoms with Crippen LogP contribution in [0.15, 0.2) is 47.6 Å². The van der Waals surface area contributed by atoms with Gasteiger partial charge in [-0.15, -0.1) is 0 Å². The van der Waals surface area contributed by atoms with E-state index in [2.05, 4.69) is 4.98 Å². The Bertz CT molecular complexity index is 956. The average Bonchev–Trinajstić information content (AvgIpc) is 3.02. The van der Waals surface area contributed by atoms with Crippen molar-refractivity contribution in [3.8, 4) is 17.2 Å². The second-order valence-electron chi connectivity index (χ2n) is 6.57. The molecule has 7 nitrogen and oxygen atoms in total. The highest BCUT2D eigenvalue weighted by molar-refractivity contribution is 7.89. The molecule has 2 aliphatic rings. The van der Waals surface area contributed by atoms with Crippen LogP contribution in [0.3, 0.4) is 0 Å². The summed E-state index contributed by atoms with van der Waals surface area (Å²) in [5.74, 6) is -2.05. The molecule has 4 rings (SSSR count). The van der Waals surface area contributed by atoms with Gasteiger partial charge in [0.15, 0.2) is 11.5 Å². The van der Waals surface area contributed by atoms with Crippen molar-refractivity contribution in [3.05, 3.63) is 42.7 Å². The Hall–Kier alpha value is -2.46. The van der Waals surface area contributed by atoms with Crippen LogP contribution < -0.4 is 14.2 Å². The maximum atomic E-state index is 14.1. The lowest BCUT2D eigenvalue weighted by molar-refractivity contribution is 0.0163. The van der Waals surface area contributed by atoms with Gasteiger partial charge in [-0.1, -0.05) is 0 Å². The molecule has 3 heterocycles. The predicted molar refractivity (Wildman–Crippen MR) is 94.4 cm³/mol. The summed E-state index contributed by atoms with van der Waals surface area (Å²) in [6, 6.07) is 6.37. The summed E-state index contributed by atoms with van der Waals surface area (Å²) in [5.41, 5.74) is 0. The molecule has 0 N–H and O–H groups in total. The molecule has 0 unspecified atom stereocenters. The molecule has 1 aromatic carbocycles. The Kier molecular flexibility index (Phi) is 4.84. The normalized spacial score (nSPS) is 21.4. The minimum Gasteiger partial charge on any atom is -0.490 e. The maximum Gasteiger partial charge on any atom is 0.263 e. The van der Waals surface area contributed by atoms with E-state index in [-0.39, 0.29) is 17.3 Å². The second-order valence-corrected chi connectivity index (χ2v) is 8.46. The minimum absolute atomic E-state index is 0.124. The zero-order valence-electron chi connectivity index (χ0n) is 14.8. The van der Waals surface area contributed by atoms with Crippen molar-refractivity contribution in [2.75, 3.05) is 26.4 Å². The van der Waals surface area contributed by atoms with Crippen molar-refractivity contribution in [3.63, 3.8) is 0 Å². The van der Waals surface area contributed by atoms with Gasteiger partial charge in [0.2, 0.25) is 10.0 Å². The number of hydrogen-bond donors (Lipinski definition) is 0. The molecular weight excluding hydrogens is 394 g/mol. The van der Waals surface area contributed by atoms with Crippen LogP contribution in [-0.4, -0.2) is 56.0 Å². The lowest BCUT2D eigenvalue weighted by Crippen LogP contribution is -2.39. The molecule has 0 aliphatic carbocycles. The first-order valence-corrected chi connectivity index (χ1v) is 10.1. The quantitative estimate of drug-likeness (QED) is 0.750. The minimum atomic E-state index is -4.17. The number of aromatic nitrogens is 1. The molecule has 2 aliphatic heterocycles. The molecule has 2 aromatic rings. The van der Waals surface area contributed by atoms with E-state index in [0.717, 1.165) is 4.31 Å². The summed E-state index contributed by atoms with van der Waals surface area (Å²) in [6.07, 6.45) is 2.37. The Morgan fingerprint density at radius 1 is 1.21 bits per heavy atom. The molecule has 1 atom stereocenters. The molecule has 0 radical (unpaired) electrons. The molecule has 10 heteroatoms. The van der Waals surface area contributed by atoms with Crippen LogP contribution in [-0.2, 0) is 10.0 Å². The molecule has 150 valence electrons. The first kappa shape index (κ1) is 18.9. The number of fused-ring (bicyclic) bond motifs is 1. The van der Waals surface area contributed by atoms with E-state index < -0.39 is 35.0 Å². The highest BCUT2D eigenvalue weighted by atomic mass is 32.2. The van der Waals surface area contributed by atoms with E-state index in [9.17, 15) is 17.2 Å². The molecule has 0 amide bonds. The van der Waals surface area contributed by atoms with Crippen molar-refractivity contribution in [1.29, 1.82) is 0 Å². The lowest BCUT2D eigenvalue weighted by atomic mass is 10.2. The van der Waals surface area contributed by atoms with Gasteiger partial charge in [-0.25, -0.2) is 17.2 Å². The molecule has 0 spiro atoms. The zero-order chi connectivity index (χ0) is 19.8. The lowest BCUT2D eigenvalue weighted by Gasteiger charge is -2.24.